The van der Waals surface area contributed by atoms with Gasteiger partial charge in [-0.3, -0.25) is 0 Å². The first-order chi connectivity index (χ1) is 12.9. The van der Waals surface area contributed by atoms with Gasteiger partial charge >= 0.3 is 0 Å². The summed E-state index contributed by atoms with van der Waals surface area (Å²) in [5, 5.41) is 7.16. The molecule has 3 rings (SSSR count). The smallest absolute Gasteiger partial charge is 0.0430 e. The van der Waals surface area contributed by atoms with Gasteiger partial charge < -0.3 is 20.4 Å². The molecular formula is C23H36N4. The molecule has 0 aliphatic carbocycles. The maximum Gasteiger partial charge on any atom is 0.0430 e. The predicted octanol–water partition coefficient (Wildman–Crippen LogP) is 3.31. The Balaban J connectivity index is 1.81. The van der Waals surface area contributed by atoms with Gasteiger partial charge in [0.2, 0.25) is 0 Å². The van der Waals surface area contributed by atoms with Crippen molar-refractivity contribution in [3.05, 3.63) is 23.3 Å². The first-order valence-electron chi connectivity index (χ1n) is 10.5. The average Bonchev–Trinajstić information content (AvgIpc) is 3.15. The van der Waals surface area contributed by atoms with Gasteiger partial charge in [0.05, 0.1) is 0 Å². The molecule has 148 valence electrons. The van der Waals surface area contributed by atoms with E-state index < -0.39 is 0 Å². The van der Waals surface area contributed by atoms with Crippen molar-refractivity contribution < 1.29 is 0 Å². The summed E-state index contributed by atoms with van der Waals surface area (Å²) in [6, 6.07) is 4.52. The van der Waals surface area contributed by atoms with E-state index in [4.69, 9.17) is 0 Å². The van der Waals surface area contributed by atoms with Crippen LogP contribution in [-0.2, 0) is 0 Å². The molecular weight excluding hydrogens is 332 g/mol. The Kier molecular flexibility index (Phi) is 6.68. The van der Waals surface area contributed by atoms with Crippen molar-refractivity contribution in [2.75, 3.05) is 62.6 Å². The molecule has 0 unspecified atom stereocenters. The topological polar surface area (TPSA) is 30.5 Å². The Morgan fingerprint density at radius 1 is 1.07 bits per heavy atom. The highest BCUT2D eigenvalue weighted by atomic mass is 15.2. The van der Waals surface area contributed by atoms with Crippen molar-refractivity contribution in [1.29, 1.82) is 0 Å². The van der Waals surface area contributed by atoms with Crippen molar-refractivity contribution in [3.63, 3.8) is 0 Å². The molecule has 0 atom stereocenters. The lowest BCUT2D eigenvalue weighted by Crippen LogP contribution is -2.43. The van der Waals surface area contributed by atoms with Crippen molar-refractivity contribution in [2.45, 2.75) is 40.5 Å². The summed E-state index contributed by atoms with van der Waals surface area (Å²) in [5.74, 6) is 6.82. The highest BCUT2D eigenvalue weighted by Crippen LogP contribution is 2.29. The van der Waals surface area contributed by atoms with Crippen LogP contribution in [0.5, 0.6) is 0 Å². The minimum atomic E-state index is 0.0173. The summed E-state index contributed by atoms with van der Waals surface area (Å²) in [4.78, 5) is 5.06. The Morgan fingerprint density at radius 3 is 2.44 bits per heavy atom. The lowest BCUT2D eigenvalue weighted by Gasteiger charge is -2.31. The fraction of sp³-hybridized carbons (Fsp3) is 0.652. The van der Waals surface area contributed by atoms with Crippen LogP contribution in [0.4, 0.5) is 11.4 Å². The van der Waals surface area contributed by atoms with Crippen molar-refractivity contribution in [2.24, 2.45) is 5.41 Å². The largest absolute Gasteiger partial charge is 0.383 e. The Bertz CT molecular complexity index is 681. The molecule has 2 N–H and O–H groups in total. The molecule has 2 heterocycles. The van der Waals surface area contributed by atoms with Gasteiger partial charge in [-0.15, -0.1) is 0 Å². The van der Waals surface area contributed by atoms with E-state index in [2.05, 4.69) is 72.1 Å². The van der Waals surface area contributed by atoms with Gasteiger partial charge in [0.15, 0.2) is 0 Å². The highest BCUT2D eigenvalue weighted by molar-refractivity contribution is 5.70. The second kappa shape index (κ2) is 8.99. The normalized spacial score (nSPS) is 18.3. The van der Waals surface area contributed by atoms with Gasteiger partial charge in [-0.05, 0) is 71.3 Å². The molecule has 0 radical (unpaired) electrons. The summed E-state index contributed by atoms with van der Waals surface area (Å²) in [6.07, 6.45) is 2.70. The van der Waals surface area contributed by atoms with Gasteiger partial charge in [-0.25, -0.2) is 0 Å². The molecule has 2 fully saturated rings. The fourth-order valence-corrected chi connectivity index (χ4v) is 3.80. The third kappa shape index (κ3) is 5.89. The molecule has 2 aliphatic heterocycles. The molecule has 0 bridgehead atoms. The molecule has 1 aromatic carbocycles. The summed E-state index contributed by atoms with van der Waals surface area (Å²) < 4.78 is 0. The monoisotopic (exact) mass is 368 g/mol. The van der Waals surface area contributed by atoms with Gasteiger partial charge in [-0.2, -0.15) is 0 Å². The number of hydrogen-bond acceptors (Lipinski definition) is 4. The van der Waals surface area contributed by atoms with E-state index in [0.717, 1.165) is 44.8 Å². The van der Waals surface area contributed by atoms with Crippen LogP contribution in [0.2, 0.25) is 0 Å². The van der Waals surface area contributed by atoms with E-state index in [0.29, 0.717) is 0 Å². The maximum atomic E-state index is 3.71. The minimum Gasteiger partial charge on any atom is -0.383 e. The number of hydrogen-bond donors (Lipinski definition) is 2. The SMILES string of the molecule is Cc1c(NCCN2CCCC2)cc(C#CC(C)(C)C)cc1N1CCNCC1. The van der Waals surface area contributed by atoms with E-state index in [1.54, 1.807) is 0 Å². The maximum absolute atomic E-state index is 3.71. The summed E-state index contributed by atoms with van der Waals surface area (Å²) >= 11 is 0. The number of rotatable bonds is 5. The van der Waals surface area contributed by atoms with E-state index in [9.17, 15) is 0 Å². The summed E-state index contributed by atoms with van der Waals surface area (Å²) in [6.45, 7) is 17.6. The van der Waals surface area contributed by atoms with Gasteiger partial charge in [0.25, 0.3) is 0 Å². The zero-order valence-corrected chi connectivity index (χ0v) is 17.6. The van der Waals surface area contributed by atoms with Gasteiger partial charge in [0.1, 0.15) is 0 Å². The Labute approximate surface area is 165 Å². The lowest BCUT2D eigenvalue weighted by molar-refractivity contribution is 0.352. The molecule has 1 aromatic rings. The molecule has 4 nitrogen and oxygen atoms in total. The lowest BCUT2D eigenvalue weighted by atomic mass is 9.97. The molecule has 4 heteroatoms. The number of benzene rings is 1. The number of nitrogens with one attached hydrogen (secondary N) is 2. The van der Waals surface area contributed by atoms with E-state index in [1.165, 1.54) is 42.9 Å². The molecule has 27 heavy (non-hydrogen) atoms. The van der Waals surface area contributed by atoms with Crippen LogP contribution in [0.1, 0.15) is 44.7 Å². The minimum absolute atomic E-state index is 0.0173. The van der Waals surface area contributed by atoms with E-state index in [-0.39, 0.29) is 5.41 Å². The summed E-state index contributed by atoms with van der Waals surface area (Å²) in [7, 11) is 0. The standard InChI is InChI=1S/C23H36N4/c1-19-21(25-11-14-26-12-5-6-13-26)17-20(7-8-23(2,3)4)18-22(19)27-15-9-24-10-16-27/h17-18,24-25H,5-6,9-16H2,1-4H3. The van der Waals surface area contributed by atoms with Crippen LogP contribution in [-0.4, -0.2) is 57.3 Å². The third-order valence-electron chi connectivity index (χ3n) is 5.36. The second-order valence-corrected chi connectivity index (χ2v) is 8.88. The molecule has 0 spiro atoms. The highest BCUT2D eigenvalue weighted by Gasteiger charge is 2.16. The Hall–Kier alpha value is -1.70. The van der Waals surface area contributed by atoms with Crippen molar-refractivity contribution in [1.82, 2.24) is 10.2 Å². The van der Waals surface area contributed by atoms with Crippen LogP contribution in [0.15, 0.2) is 12.1 Å². The first kappa shape index (κ1) is 20.0. The van der Waals surface area contributed by atoms with Crippen LogP contribution in [0, 0.1) is 24.2 Å². The zero-order chi connectivity index (χ0) is 19.3. The number of piperazine rings is 1. The molecule has 0 amide bonds. The summed E-state index contributed by atoms with van der Waals surface area (Å²) in [5.41, 5.74) is 5.06. The molecule has 0 saturated carbocycles. The quantitative estimate of drug-likeness (QED) is 0.781. The van der Waals surface area contributed by atoms with Crippen LogP contribution >= 0.6 is 0 Å². The fourth-order valence-electron chi connectivity index (χ4n) is 3.80. The van der Waals surface area contributed by atoms with Gasteiger partial charge in [0, 0.05) is 61.6 Å². The van der Waals surface area contributed by atoms with E-state index in [1.807, 2.05) is 0 Å². The number of anilines is 2. The third-order valence-corrected chi connectivity index (χ3v) is 5.36. The molecule has 0 aromatic heterocycles. The van der Waals surface area contributed by atoms with Crippen molar-refractivity contribution >= 4 is 11.4 Å². The molecule has 2 saturated heterocycles. The van der Waals surface area contributed by atoms with Crippen LogP contribution < -0.4 is 15.5 Å². The predicted molar refractivity (Wildman–Crippen MR) is 117 cm³/mol. The first-order valence-corrected chi connectivity index (χ1v) is 10.5. The molecule has 2 aliphatic rings. The zero-order valence-electron chi connectivity index (χ0n) is 17.6. The van der Waals surface area contributed by atoms with Crippen LogP contribution in [0.3, 0.4) is 0 Å². The van der Waals surface area contributed by atoms with E-state index >= 15 is 0 Å². The second-order valence-electron chi connectivity index (χ2n) is 8.88. The van der Waals surface area contributed by atoms with Crippen molar-refractivity contribution in [3.8, 4) is 11.8 Å². The Morgan fingerprint density at radius 2 is 1.78 bits per heavy atom. The van der Waals surface area contributed by atoms with Crippen LogP contribution in [0.25, 0.3) is 0 Å². The van der Waals surface area contributed by atoms with Gasteiger partial charge in [-0.1, -0.05) is 11.8 Å². The average molecular weight is 369 g/mol. The number of nitrogens with zero attached hydrogens (tertiary/aromatic N) is 2. The number of likely N-dealkylation sites (tertiary alicyclic amines) is 1.